The van der Waals surface area contributed by atoms with Crippen molar-refractivity contribution in [2.75, 3.05) is 7.05 Å². The average molecular weight is 133 g/mol. The second kappa shape index (κ2) is 4.73. The molecule has 0 aliphatic rings. The molecule has 0 amide bonds. The van der Waals surface area contributed by atoms with E-state index in [1.165, 1.54) is 7.05 Å². The summed E-state index contributed by atoms with van der Waals surface area (Å²) in [6.07, 6.45) is 0. The van der Waals surface area contributed by atoms with Gasteiger partial charge in [-0.15, -0.1) is 0 Å². The summed E-state index contributed by atoms with van der Waals surface area (Å²) in [6.45, 7) is 5.73. The fourth-order valence-electron chi connectivity index (χ4n) is 0. The van der Waals surface area contributed by atoms with E-state index in [9.17, 15) is 0 Å². The molecule has 0 rings (SSSR count). The van der Waals surface area contributed by atoms with Gasteiger partial charge in [-0.2, -0.15) is 0 Å². The van der Waals surface area contributed by atoms with Crippen LogP contribution in [-0.4, -0.2) is 18.6 Å². The quantitative estimate of drug-likeness (QED) is 0.457. The van der Waals surface area contributed by atoms with E-state index in [1.54, 1.807) is 0 Å². The van der Waals surface area contributed by atoms with Gasteiger partial charge in [-0.25, -0.2) is 0 Å². The molecule has 3 heteroatoms. The van der Waals surface area contributed by atoms with Crippen LogP contribution >= 0.6 is 0 Å². The zero-order valence-electron chi connectivity index (χ0n) is 6.81. The third-order valence-electron chi connectivity index (χ3n) is 1.17. The predicted molar refractivity (Wildman–Crippen MR) is 42.0 cm³/mol. The Kier molecular flexibility index (Phi) is 6.12. The zero-order valence-corrected chi connectivity index (χ0v) is 6.81. The number of hydrogen-bond acceptors (Lipinski definition) is 3. The largest absolute Gasteiger partial charge is 0.333 e. The SMILES string of the molecule is CC(N)C(C)(C)N.CN. The lowest BCUT2D eigenvalue weighted by atomic mass is 9.99. The van der Waals surface area contributed by atoms with Gasteiger partial charge in [0.25, 0.3) is 0 Å². The molecular formula is C6H19N3. The topological polar surface area (TPSA) is 78.1 Å². The van der Waals surface area contributed by atoms with Gasteiger partial charge < -0.3 is 17.2 Å². The maximum absolute atomic E-state index is 5.55. The Bertz CT molecular complexity index is 53.8. The Morgan fingerprint density at radius 3 is 1.33 bits per heavy atom. The highest BCUT2D eigenvalue weighted by molar-refractivity contribution is 4.80. The summed E-state index contributed by atoms with van der Waals surface area (Å²) in [5, 5.41) is 0. The fraction of sp³-hybridized carbons (Fsp3) is 1.00. The van der Waals surface area contributed by atoms with Crippen molar-refractivity contribution in [1.82, 2.24) is 0 Å². The lowest BCUT2D eigenvalue weighted by Crippen LogP contribution is -2.48. The van der Waals surface area contributed by atoms with Crippen molar-refractivity contribution >= 4 is 0 Å². The molecule has 1 unspecified atom stereocenters. The maximum atomic E-state index is 5.55. The van der Waals surface area contributed by atoms with Gasteiger partial charge in [0, 0.05) is 11.6 Å². The van der Waals surface area contributed by atoms with Crippen LogP contribution in [0.3, 0.4) is 0 Å². The Hall–Kier alpha value is -0.120. The number of nitrogens with two attached hydrogens (primary N) is 3. The van der Waals surface area contributed by atoms with E-state index >= 15 is 0 Å². The monoisotopic (exact) mass is 133 g/mol. The molecule has 0 fully saturated rings. The standard InChI is InChI=1S/C5H14N2.CH5N/c1-4(6)5(2,3)7;1-2/h4H,6-7H2,1-3H3;2H2,1H3. The molecule has 0 aromatic carbocycles. The maximum Gasteiger partial charge on any atom is 0.0247 e. The van der Waals surface area contributed by atoms with Crippen molar-refractivity contribution in [2.45, 2.75) is 32.4 Å². The summed E-state index contributed by atoms with van der Waals surface area (Å²) >= 11 is 0. The van der Waals surface area contributed by atoms with Crippen LogP contribution in [0.1, 0.15) is 20.8 Å². The predicted octanol–water partition coefficient (Wildman–Crippen LogP) is -0.354. The van der Waals surface area contributed by atoms with Crippen molar-refractivity contribution in [1.29, 1.82) is 0 Å². The van der Waals surface area contributed by atoms with E-state index in [2.05, 4.69) is 5.73 Å². The van der Waals surface area contributed by atoms with Gasteiger partial charge in [-0.05, 0) is 27.8 Å². The molecule has 0 aliphatic heterocycles. The van der Waals surface area contributed by atoms with Crippen molar-refractivity contribution in [3.8, 4) is 0 Å². The van der Waals surface area contributed by atoms with E-state index < -0.39 is 0 Å². The Morgan fingerprint density at radius 1 is 1.22 bits per heavy atom. The Morgan fingerprint density at radius 2 is 1.33 bits per heavy atom. The van der Waals surface area contributed by atoms with E-state index in [-0.39, 0.29) is 11.6 Å². The molecule has 1 atom stereocenters. The summed E-state index contributed by atoms with van der Waals surface area (Å²) in [5.74, 6) is 0. The van der Waals surface area contributed by atoms with E-state index in [4.69, 9.17) is 11.5 Å². The van der Waals surface area contributed by atoms with E-state index in [0.717, 1.165) is 0 Å². The van der Waals surface area contributed by atoms with E-state index in [0.29, 0.717) is 0 Å². The molecule has 0 aromatic heterocycles. The van der Waals surface area contributed by atoms with Crippen LogP contribution in [0.2, 0.25) is 0 Å². The second-order valence-electron chi connectivity index (χ2n) is 2.61. The van der Waals surface area contributed by atoms with Crippen LogP contribution in [0.4, 0.5) is 0 Å². The normalized spacial score (nSPS) is 13.7. The molecule has 0 aliphatic carbocycles. The van der Waals surface area contributed by atoms with Crippen LogP contribution in [-0.2, 0) is 0 Å². The lowest BCUT2D eigenvalue weighted by molar-refractivity contribution is 0.433. The summed E-state index contributed by atoms with van der Waals surface area (Å²) in [4.78, 5) is 0. The second-order valence-corrected chi connectivity index (χ2v) is 2.61. The minimum atomic E-state index is -0.222. The molecule has 3 nitrogen and oxygen atoms in total. The van der Waals surface area contributed by atoms with Crippen molar-refractivity contribution < 1.29 is 0 Å². The first-order valence-corrected chi connectivity index (χ1v) is 3.07. The third-order valence-corrected chi connectivity index (χ3v) is 1.17. The summed E-state index contributed by atoms with van der Waals surface area (Å²) < 4.78 is 0. The molecule has 0 bridgehead atoms. The zero-order chi connectivity index (χ0) is 8.08. The van der Waals surface area contributed by atoms with Gasteiger partial charge in [0.15, 0.2) is 0 Å². The molecule has 0 heterocycles. The van der Waals surface area contributed by atoms with Crippen molar-refractivity contribution in [2.24, 2.45) is 17.2 Å². The van der Waals surface area contributed by atoms with Crippen molar-refractivity contribution in [3.05, 3.63) is 0 Å². The highest BCUT2D eigenvalue weighted by atomic mass is 14.8. The fourth-order valence-corrected chi connectivity index (χ4v) is 0. The summed E-state index contributed by atoms with van der Waals surface area (Å²) in [6, 6.07) is 0.0764. The first-order chi connectivity index (χ1) is 3.94. The van der Waals surface area contributed by atoms with Crippen LogP contribution in [0.15, 0.2) is 0 Å². The smallest absolute Gasteiger partial charge is 0.0247 e. The molecule has 0 aromatic rings. The summed E-state index contributed by atoms with van der Waals surface area (Å²) in [5.41, 5.74) is 15.3. The molecule has 58 valence electrons. The highest BCUT2D eigenvalue weighted by Gasteiger charge is 2.14. The molecule has 0 radical (unpaired) electrons. The van der Waals surface area contributed by atoms with Gasteiger partial charge in [0.2, 0.25) is 0 Å². The van der Waals surface area contributed by atoms with Gasteiger partial charge in [0.1, 0.15) is 0 Å². The summed E-state index contributed by atoms with van der Waals surface area (Å²) in [7, 11) is 1.50. The van der Waals surface area contributed by atoms with E-state index in [1.807, 2.05) is 20.8 Å². The van der Waals surface area contributed by atoms with Gasteiger partial charge in [0.05, 0.1) is 0 Å². The van der Waals surface area contributed by atoms with Crippen LogP contribution in [0, 0.1) is 0 Å². The molecule has 6 N–H and O–H groups in total. The Labute approximate surface area is 57.6 Å². The molecule has 0 saturated carbocycles. The molecule has 9 heavy (non-hydrogen) atoms. The lowest BCUT2D eigenvalue weighted by Gasteiger charge is -2.22. The Balaban J connectivity index is 0. The minimum absolute atomic E-state index is 0.0764. The molecule has 0 saturated heterocycles. The van der Waals surface area contributed by atoms with Crippen LogP contribution < -0.4 is 17.2 Å². The molecular weight excluding hydrogens is 114 g/mol. The number of hydrogen-bond donors (Lipinski definition) is 3. The van der Waals surface area contributed by atoms with Gasteiger partial charge >= 0.3 is 0 Å². The average Bonchev–Trinajstić information content (AvgIpc) is 1.69. The van der Waals surface area contributed by atoms with Crippen molar-refractivity contribution in [3.63, 3.8) is 0 Å². The minimum Gasteiger partial charge on any atom is -0.333 e. The first kappa shape index (κ1) is 11.6. The van der Waals surface area contributed by atoms with Gasteiger partial charge in [-0.3, -0.25) is 0 Å². The molecule has 0 spiro atoms. The number of rotatable bonds is 1. The third kappa shape index (κ3) is 7.88. The first-order valence-electron chi connectivity index (χ1n) is 3.07. The van der Waals surface area contributed by atoms with Crippen LogP contribution in [0.25, 0.3) is 0 Å². The van der Waals surface area contributed by atoms with Crippen LogP contribution in [0.5, 0.6) is 0 Å². The highest BCUT2D eigenvalue weighted by Crippen LogP contribution is 1.98. The van der Waals surface area contributed by atoms with Gasteiger partial charge in [-0.1, -0.05) is 0 Å².